The van der Waals surface area contributed by atoms with Crippen LogP contribution in [0.2, 0.25) is 0 Å². The number of anilines is 1. The number of carbonyl (C=O) groups is 1. The van der Waals surface area contributed by atoms with Crippen LogP contribution in [0.5, 0.6) is 0 Å². The first-order chi connectivity index (χ1) is 12.0. The summed E-state index contributed by atoms with van der Waals surface area (Å²) in [5.41, 5.74) is 1.58. The zero-order valence-electron chi connectivity index (χ0n) is 15.1. The van der Waals surface area contributed by atoms with Crippen LogP contribution in [-0.2, 0) is 0 Å². The van der Waals surface area contributed by atoms with Gasteiger partial charge in [0, 0.05) is 37.3 Å². The zero-order chi connectivity index (χ0) is 17.6. The van der Waals surface area contributed by atoms with Gasteiger partial charge in [0.15, 0.2) is 5.65 Å². The minimum Gasteiger partial charge on any atom is -0.319 e. The SMILES string of the molecule is CC(C)c1nnc2ccc(NC(=O)N3C[C@@H]4CCCN4C[C@H]3C)cn12. The van der Waals surface area contributed by atoms with Gasteiger partial charge < -0.3 is 10.2 Å². The second-order valence-corrected chi connectivity index (χ2v) is 7.58. The fourth-order valence-electron chi connectivity index (χ4n) is 4.04. The highest BCUT2D eigenvalue weighted by Crippen LogP contribution is 2.25. The second-order valence-electron chi connectivity index (χ2n) is 7.58. The molecule has 0 aromatic carbocycles. The summed E-state index contributed by atoms with van der Waals surface area (Å²) in [6.07, 6.45) is 4.36. The van der Waals surface area contributed by atoms with E-state index < -0.39 is 0 Å². The van der Waals surface area contributed by atoms with E-state index in [9.17, 15) is 4.79 Å². The summed E-state index contributed by atoms with van der Waals surface area (Å²) in [4.78, 5) is 17.3. The lowest BCUT2D eigenvalue weighted by Gasteiger charge is -2.42. The predicted octanol–water partition coefficient (Wildman–Crippen LogP) is 2.55. The number of rotatable bonds is 2. The molecule has 134 valence electrons. The third-order valence-electron chi connectivity index (χ3n) is 5.39. The number of piperazine rings is 1. The van der Waals surface area contributed by atoms with Crippen molar-refractivity contribution >= 4 is 17.4 Å². The molecule has 4 heterocycles. The minimum atomic E-state index is -0.0161. The number of hydrogen-bond donors (Lipinski definition) is 1. The number of aromatic nitrogens is 3. The fourth-order valence-corrected chi connectivity index (χ4v) is 4.04. The molecular weight excluding hydrogens is 316 g/mol. The Balaban J connectivity index is 1.52. The maximum Gasteiger partial charge on any atom is 0.322 e. The number of nitrogens with zero attached hydrogens (tertiary/aromatic N) is 5. The van der Waals surface area contributed by atoms with E-state index in [2.05, 4.69) is 41.2 Å². The summed E-state index contributed by atoms with van der Waals surface area (Å²) in [5, 5.41) is 11.5. The molecule has 0 bridgehead atoms. The van der Waals surface area contributed by atoms with Crippen molar-refractivity contribution in [2.75, 3.05) is 25.0 Å². The van der Waals surface area contributed by atoms with Crippen LogP contribution < -0.4 is 5.32 Å². The normalized spacial score (nSPS) is 24.1. The molecule has 2 fully saturated rings. The number of hydrogen-bond acceptors (Lipinski definition) is 4. The van der Waals surface area contributed by atoms with E-state index in [1.54, 1.807) is 0 Å². The highest BCUT2D eigenvalue weighted by atomic mass is 16.2. The molecule has 2 saturated heterocycles. The largest absolute Gasteiger partial charge is 0.322 e. The van der Waals surface area contributed by atoms with Gasteiger partial charge in [0.05, 0.1) is 5.69 Å². The number of carbonyl (C=O) groups excluding carboxylic acids is 1. The maximum atomic E-state index is 12.8. The lowest BCUT2D eigenvalue weighted by Crippen LogP contribution is -2.57. The summed E-state index contributed by atoms with van der Waals surface area (Å²) in [6, 6.07) is 4.53. The van der Waals surface area contributed by atoms with Crippen molar-refractivity contribution in [3.63, 3.8) is 0 Å². The highest BCUT2D eigenvalue weighted by Gasteiger charge is 2.36. The number of fused-ring (bicyclic) bond motifs is 2. The summed E-state index contributed by atoms with van der Waals surface area (Å²) in [5.74, 6) is 1.18. The van der Waals surface area contributed by atoms with Crippen molar-refractivity contribution < 1.29 is 4.79 Å². The van der Waals surface area contributed by atoms with Crippen LogP contribution in [0.1, 0.15) is 45.4 Å². The topological polar surface area (TPSA) is 65.8 Å². The first kappa shape index (κ1) is 16.3. The molecule has 0 aliphatic carbocycles. The Kier molecular flexibility index (Phi) is 4.11. The molecule has 7 heteroatoms. The van der Waals surface area contributed by atoms with Crippen molar-refractivity contribution in [1.29, 1.82) is 0 Å². The number of nitrogens with one attached hydrogen (secondary N) is 1. The van der Waals surface area contributed by atoms with Crippen molar-refractivity contribution in [3.8, 4) is 0 Å². The zero-order valence-corrected chi connectivity index (χ0v) is 15.1. The molecule has 0 radical (unpaired) electrons. The molecule has 2 aromatic rings. The molecule has 25 heavy (non-hydrogen) atoms. The third kappa shape index (κ3) is 2.97. The summed E-state index contributed by atoms with van der Waals surface area (Å²) in [6.45, 7) is 9.27. The third-order valence-corrected chi connectivity index (χ3v) is 5.39. The Morgan fingerprint density at radius 1 is 1.28 bits per heavy atom. The minimum absolute atomic E-state index is 0.0161. The molecule has 0 spiro atoms. The van der Waals surface area contributed by atoms with Gasteiger partial charge in [-0.15, -0.1) is 10.2 Å². The van der Waals surface area contributed by atoms with Crippen LogP contribution in [0.3, 0.4) is 0 Å². The van der Waals surface area contributed by atoms with Gasteiger partial charge in [-0.2, -0.15) is 0 Å². The molecule has 4 rings (SSSR count). The van der Waals surface area contributed by atoms with Crippen LogP contribution in [0, 0.1) is 0 Å². The smallest absolute Gasteiger partial charge is 0.319 e. The van der Waals surface area contributed by atoms with E-state index >= 15 is 0 Å². The number of pyridine rings is 1. The second kappa shape index (κ2) is 6.29. The average Bonchev–Trinajstić information content (AvgIpc) is 3.19. The summed E-state index contributed by atoms with van der Waals surface area (Å²) in [7, 11) is 0. The van der Waals surface area contributed by atoms with Gasteiger partial charge >= 0.3 is 6.03 Å². The predicted molar refractivity (Wildman–Crippen MR) is 96.9 cm³/mol. The molecule has 2 aliphatic heterocycles. The van der Waals surface area contributed by atoms with E-state index in [0.717, 1.165) is 30.2 Å². The van der Waals surface area contributed by atoms with Gasteiger partial charge in [-0.25, -0.2) is 4.79 Å². The molecule has 1 N–H and O–H groups in total. The molecule has 2 aliphatic rings. The average molecular weight is 342 g/mol. The van der Waals surface area contributed by atoms with Crippen molar-refractivity contribution in [2.24, 2.45) is 0 Å². The van der Waals surface area contributed by atoms with Crippen LogP contribution >= 0.6 is 0 Å². The summed E-state index contributed by atoms with van der Waals surface area (Å²) >= 11 is 0. The standard InChI is InChI=1S/C18H26N6O/c1-12(2)17-21-20-16-7-6-14(10-24(16)17)19-18(25)23-11-15-5-4-8-22(15)9-13(23)3/h6-7,10,12-13,15H,4-5,8-9,11H2,1-3H3,(H,19,25)/t13-,15+/m1/s1. The Bertz CT molecular complexity index is 785. The Morgan fingerprint density at radius 2 is 2.12 bits per heavy atom. The lowest BCUT2D eigenvalue weighted by atomic mass is 10.1. The van der Waals surface area contributed by atoms with Crippen LogP contribution in [0.15, 0.2) is 18.3 Å². The molecule has 2 amide bonds. The quantitative estimate of drug-likeness (QED) is 0.911. The molecule has 0 saturated carbocycles. The molecular formula is C18H26N6O. The van der Waals surface area contributed by atoms with E-state index in [1.165, 1.54) is 19.4 Å². The number of amides is 2. The van der Waals surface area contributed by atoms with Crippen molar-refractivity contribution in [1.82, 2.24) is 24.4 Å². The van der Waals surface area contributed by atoms with Crippen LogP contribution in [0.4, 0.5) is 10.5 Å². The van der Waals surface area contributed by atoms with Crippen molar-refractivity contribution in [3.05, 3.63) is 24.2 Å². The molecule has 2 atom stereocenters. The van der Waals surface area contributed by atoms with E-state index in [1.807, 2.05) is 27.6 Å². The van der Waals surface area contributed by atoms with E-state index in [0.29, 0.717) is 6.04 Å². The van der Waals surface area contributed by atoms with Gasteiger partial charge in [0.1, 0.15) is 5.82 Å². The van der Waals surface area contributed by atoms with Crippen LogP contribution in [-0.4, -0.2) is 62.1 Å². The molecule has 7 nitrogen and oxygen atoms in total. The maximum absolute atomic E-state index is 12.8. The Hall–Kier alpha value is -2.15. The first-order valence-corrected chi connectivity index (χ1v) is 9.19. The first-order valence-electron chi connectivity index (χ1n) is 9.19. The van der Waals surface area contributed by atoms with Gasteiger partial charge in [-0.05, 0) is 38.4 Å². The van der Waals surface area contributed by atoms with Gasteiger partial charge in [-0.1, -0.05) is 13.8 Å². The van der Waals surface area contributed by atoms with Gasteiger partial charge in [0.2, 0.25) is 0 Å². The fraction of sp³-hybridized carbons (Fsp3) is 0.611. The Morgan fingerprint density at radius 3 is 2.92 bits per heavy atom. The molecule has 0 unspecified atom stereocenters. The van der Waals surface area contributed by atoms with E-state index in [4.69, 9.17) is 0 Å². The van der Waals surface area contributed by atoms with Gasteiger partial charge in [-0.3, -0.25) is 9.30 Å². The highest BCUT2D eigenvalue weighted by molar-refractivity contribution is 5.89. The molecule has 2 aromatic heterocycles. The number of urea groups is 1. The van der Waals surface area contributed by atoms with Crippen molar-refractivity contribution in [2.45, 2.75) is 51.6 Å². The summed E-state index contributed by atoms with van der Waals surface area (Å²) < 4.78 is 1.96. The van der Waals surface area contributed by atoms with E-state index in [-0.39, 0.29) is 18.0 Å². The monoisotopic (exact) mass is 342 g/mol. The van der Waals surface area contributed by atoms with Crippen LogP contribution in [0.25, 0.3) is 5.65 Å². The van der Waals surface area contributed by atoms with Gasteiger partial charge in [0.25, 0.3) is 0 Å². The Labute approximate surface area is 148 Å². The lowest BCUT2D eigenvalue weighted by molar-refractivity contribution is 0.0861.